The molecule has 0 radical (unpaired) electrons. The number of hydrogen-bond donors (Lipinski definition) is 0. The van der Waals surface area contributed by atoms with Crippen molar-refractivity contribution in [3.63, 3.8) is 0 Å². The zero-order valence-corrected chi connectivity index (χ0v) is 14.6. The molecule has 7 heteroatoms. The van der Waals surface area contributed by atoms with E-state index in [0.29, 0.717) is 5.69 Å². The summed E-state index contributed by atoms with van der Waals surface area (Å²) in [5, 5.41) is 3.84. The van der Waals surface area contributed by atoms with Crippen LogP contribution < -0.4 is 4.90 Å². The van der Waals surface area contributed by atoms with Crippen LogP contribution in [-0.2, 0) is 23.3 Å². The summed E-state index contributed by atoms with van der Waals surface area (Å²) in [7, 11) is 0. The first-order valence-electron chi connectivity index (χ1n) is 7.75. The molecule has 1 amide bonds. The molecule has 0 unspecified atom stereocenters. The SMILES string of the molecule is CC1(C)C(=O)N(Cc2c(F)cccc2Cl)c2cc(CN=[N+]=[N-])ccc21. The Morgan fingerprint density at radius 3 is 2.76 bits per heavy atom. The van der Waals surface area contributed by atoms with Crippen LogP contribution in [0.1, 0.15) is 30.5 Å². The van der Waals surface area contributed by atoms with Gasteiger partial charge in [0.1, 0.15) is 5.82 Å². The molecule has 0 N–H and O–H groups in total. The van der Waals surface area contributed by atoms with Crippen LogP contribution in [0.5, 0.6) is 0 Å². The van der Waals surface area contributed by atoms with E-state index >= 15 is 0 Å². The Hall–Kier alpha value is -2.56. The maximum atomic E-state index is 14.2. The lowest BCUT2D eigenvalue weighted by atomic mass is 9.86. The highest BCUT2D eigenvalue weighted by molar-refractivity contribution is 6.31. The average molecular weight is 359 g/mol. The standard InChI is InChI=1S/C18H16ClFN4O/c1-18(2)13-7-6-11(9-22-23-21)8-16(13)24(17(18)25)10-12-14(19)4-3-5-15(12)20/h3-8H,9-10H2,1-2H3. The van der Waals surface area contributed by atoms with Gasteiger partial charge in [-0.2, -0.15) is 0 Å². The summed E-state index contributed by atoms with van der Waals surface area (Å²) in [4.78, 5) is 17.2. The smallest absolute Gasteiger partial charge is 0.237 e. The predicted molar refractivity (Wildman–Crippen MR) is 94.9 cm³/mol. The summed E-state index contributed by atoms with van der Waals surface area (Å²) in [5.41, 5.74) is 10.4. The highest BCUT2D eigenvalue weighted by Crippen LogP contribution is 2.43. The van der Waals surface area contributed by atoms with Crippen LogP contribution in [0.15, 0.2) is 41.5 Å². The Bertz CT molecular complexity index is 886. The van der Waals surface area contributed by atoms with Crippen LogP contribution in [-0.4, -0.2) is 5.91 Å². The molecular weight excluding hydrogens is 343 g/mol. The van der Waals surface area contributed by atoms with E-state index in [0.717, 1.165) is 11.1 Å². The second-order valence-electron chi connectivity index (χ2n) is 6.46. The van der Waals surface area contributed by atoms with Crippen molar-refractivity contribution in [1.29, 1.82) is 0 Å². The number of halogens is 2. The number of hydrogen-bond acceptors (Lipinski definition) is 2. The molecule has 1 aliphatic rings. The molecule has 0 saturated heterocycles. The molecule has 0 aliphatic carbocycles. The van der Waals surface area contributed by atoms with Crippen LogP contribution in [0.3, 0.4) is 0 Å². The number of azide groups is 1. The molecule has 25 heavy (non-hydrogen) atoms. The van der Waals surface area contributed by atoms with Crippen molar-refractivity contribution < 1.29 is 9.18 Å². The van der Waals surface area contributed by atoms with Gasteiger partial charge in [-0.1, -0.05) is 34.9 Å². The highest BCUT2D eigenvalue weighted by Gasteiger charge is 2.44. The molecular formula is C18H16ClFN4O. The quantitative estimate of drug-likeness (QED) is 0.425. The van der Waals surface area contributed by atoms with Gasteiger partial charge in [0.25, 0.3) is 0 Å². The van der Waals surface area contributed by atoms with E-state index < -0.39 is 11.2 Å². The Labute approximate surface area is 149 Å². The number of anilines is 1. The van der Waals surface area contributed by atoms with Crippen molar-refractivity contribution in [1.82, 2.24) is 0 Å². The first-order chi connectivity index (χ1) is 11.9. The zero-order chi connectivity index (χ0) is 18.2. The fourth-order valence-electron chi connectivity index (χ4n) is 3.10. The van der Waals surface area contributed by atoms with E-state index in [1.165, 1.54) is 12.1 Å². The fraction of sp³-hybridized carbons (Fsp3) is 0.278. The van der Waals surface area contributed by atoms with Gasteiger partial charge in [-0.15, -0.1) is 0 Å². The molecule has 0 aromatic heterocycles. The lowest BCUT2D eigenvalue weighted by Gasteiger charge is -2.21. The van der Waals surface area contributed by atoms with Crippen LogP contribution >= 0.6 is 11.6 Å². The van der Waals surface area contributed by atoms with Crippen LogP contribution in [0.4, 0.5) is 10.1 Å². The van der Waals surface area contributed by atoms with Crippen molar-refractivity contribution in [2.24, 2.45) is 5.11 Å². The Morgan fingerprint density at radius 1 is 1.32 bits per heavy atom. The van der Waals surface area contributed by atoms with Crippen molar-refractivity contribution >= 4 is 23.2 Å². The predicted octanol–water partition coefficient (Wildman–Crippen LogP) is 5.11. The van der Waals surface area contributed by atoms with E-state index in [4.69, 9.17) is 17.1 Å². The monoisotopic (exact) mass is 358 g/mol. The molecule has 2 aromatic carbocycles. The van der Waals surface area contributed by atoms with Gasteiger partial charge < -0.3 is 4.90 Å². The van der Waals surface area contributed by atoms with Crippen molar-refractivity contribution in [2.45, 2.75) is 32.4 Å². The van der Waals surface area contributed by atoms with Gasteiger partial charge in [-0.3, -0.25) is 4.79 Å². The fourth-order valence-corrected chi connectivity index (χ4v) is 3.32. The minimum Gasteiger partial charge on any atom is -0.307 e. The minimum absolute atomic E-state index is 0.0474. The Balaban J connectivity index is 2.06. The number of rotatable bonds is 4. The van der Waals surface area contributed by atoms with Gasteiger partial charge >= 0.3 is 0 Å². The maximum Gasteiger partial charge on any atom is 0.237 e. The number of fused-ring (bicyclic) bond motifs is 1. The third kappa shape index (κ3) is 2.95. The first kappa shape index (κ1) is 17.3. The van der Waals surface area contributed by atoms with Gasteiger partial charge in [0.2, 0.25) is 5.91 Å². The second kappa shape index (κ2) is 6.39. The zero-order valence-electron chi connectivity index (χ0n) is 13.8. The molecule has 2 aromatic rings. The number of amides is 1. The normalized spacial score (nSPS) is 15.0. The average Bonchev–Trinajstić information content (AvgIpc) is 2.76. The molecule has 0 fully saturated rings. The lowest BCUT2D eigenvalue weighted by molar-refractivity contribution is -0.122. The van der Waals surface area contributed by atoms with Crippen LogP contribution in [0, 0.1) is 5.82 Å². The summed E-state index contributed by atoms with van der Waals surface area (Å²) in [6.07, 6.45) is 0. The molecule has 0 bridgehead atoms. The van der Waals surface area contributed by atoms with Crippen molar-refractivity contribution in [2.75, 3.05) is 4.90 Å². The third-order valence-corrected chi connectivity index (χ3v) is 4.85. The number of carbonyl (C=O) groups is 1. The summed E-state index contributed by atoms with van der Waals surface area (Å²) in [6.45, 7) is 3.91. The van der Waals surface area contributed by atoms with Crippen LogP contribution in [0.2, 0.25) is 5.02 Å². The molecule has 0 atom stereocenters. The molecule has 1 heterocycles. The van der Waals surface area contributed by atoms with E-state index in [1.54, 1.807) is 11.0 Å². The molecule has 5 nitrogen and oxygen atoms in total. The van der Waals surface area contributed by atoms with Crippen LogP contribution in [0.25, 0.3) is 10.4 Å². The van der Waals surface area contributed by atoms with Crippen molar-refractivity contribution in [3.8, 4) is 0 Å². The minimum atomic E-state index is -0.718. The lowest BCUT2D eigenvalue weighted by Crippen LogP contribution is -2.36. The number of benzene rings is 2. The van der Waals surface area contributed by atoms with Gasteiger partial charge in [0.15, 0.2) is 0 Å². The summed E-state index contributed by atoms with van der Waals surface area (Å²) < 4.78 is 14.2. The summed E-state index contributed by atoms with van der Waals surface area (Å²) in [5.74, 6) is -0.570. The Morgan fingerprint density at radius 2 is 2.08 bits per heavy atom. The van der Waals surface area contributed by atoms with Gasteiger partial charge in [-0.25, -0.2) is 4.39 Å². The number of nitrogens with zero attached hydrogens (tertiary/aromatic N) is 4. The summed E-state index contributed by atoms with van der Waals surface area (Å²) in [6, 6.07) is 9.96. The van der Waals surface area contributed by atoms with E-state index in [1.807, 2.05) is 32.0 Å². The summed E-state index contributed by atoms with van der Waals surface area (Å²) >= 11 is 6.12. The third-order valence-electron chi connectivity index (χ3n) is 4.50. The van der Waals surface area contributed by atoms with E-state index in [9.17, 15) is 9.18 Å². The molecule has 1 aliphatic heterocycles. The van der Waals surface area contributed by atoms with Crippen molar-refractivity contribution in [3.05, 3.63) is 74.4 Å². The first-order valence-corrected chi connectivity index (χ1v) is 8.13. The largest absolute Gasteiger partial charge is 0.307 e. The number of carbonyl (C=O) groups excluding carboxylic acids is 1. The molecule has 3 rings (SSSR count). The second-order valence-corrected chi connectivity index (χ2v) is 6.86. The van der Waals surface area contributed by atoms with Gasteiger partial charge in [0, 0.05) is 21.2 Å². The van der Waals surface area contributed by atoms with Gasteiger partial charge in [0.05, 0.1) is 18.5 Å². The molecule has 0 saturated carbocycles. The molecule has 0 spiro atoms. The highest BCUT2D eigenvalue weighted by atomic mass is 35.5. The molecule has 128 valence electrons. The maximum absolute atomic E-state index is 14.2. The topological polar surface area (TPSA) is 69.1 Å². The van der Waals surface area contributed by atoms with E-state index in [-0.39, 0.29) is 29.6 Å². The van der Waals surface area contributed by atoms with Gasteiger partial charge in [-0.05, 0) is 48.7 Å². The van der Waals surface area contributed by atoms with E-state index in [2.05, 4.69) is 10.0 Å². The Kier molecular flexibility index (Phi) is 4.41.